The molecule has 1 N–H and O–H groups in total. The Kier molecular flexibility index (Phi) is 11.0. The maximum Gasteiger partial charge on any atom is 0.135 e. The molecular formula is C19H29NO. The normalized spacial score (nSPS) is 14.5. The zero-order valence-corrected chi connectivity index (χ0v) is 13.7. The molecule has 2 unspecified atom stereocenters. The number of unbranched alkanes of at least 4 members (excludes halogenated alkanes) is 1. The van der Waals surface area contributed by atoms with E-state index in [9.17, 15) is 4.79 Å². The van der Waals surface area contributed by atoms with Gasteiger partial charge in [0.2, 0.25) is 0 Å². The van der Waals surface area contributed by atoms with E-state index in [0.29, 0.717) is 12.2 Å². The van der Waals surface area contributed by atoms with Crippen molar-refractivity contribution in [3.63, 3.8) is 0 Å². The highest BCUT2D eigenvalue weighted by Crippen LogP contribution is 2.19. The third kappa shape index (κ3) is 9.73. The Hall–Kier alpha value is -1.75. The number of allylic oxidation sites excluding steroid dienone is 3. The molecule has 2 heteroatoms. The van der Waals surface area contributed by atoms with E-state index in [1.165, 1.54) is 5.57 Å². The number of ketones is 1. The summed E-state index contributed by atoms with van der Waals surface area (Å²) in [4.78, 5) is 11.8. The molecule has 0 aliphatic carbocycles. The van der Waals surface area contributed by atoms with Gasteiger partial charge in [0.05, 0.1) is 0 Å². The van der Waals surface area contributed by atoms with Crippen molar-refractivity contribution in [3.8, 4) is 12.3 Å². The number of terminal acetylenes is 1. The van der Waals surface area contributed by atoms with Crippen LogP contribution in [0, 0.1) is 18.3 Å². The molecule has 0 aromatic rings. The van der Waals surface area contributed by atoms with Crippen LogP contribution in [0.15, 0.2) is 36.6 Å². The predicted molar refractivity (Wildman–Crippen MR) is 91.8 cm³/mol. The van der Waals surface area contributed by atoms with Gasteiger partial charge < -0.3 is 5.32 Å². The fraction of sp³-hybridized carbons (Fsp3) is 0.526. The van der Waals surface area contributed by atoms with Gasteiger partial charge in [-0.1, -0.05) is 37.5 Å². The van der Waals surface area contributed by atoms with Gasteiger partial charge in [-0.2, -0.15) is 0 Å². The molecule has 0 heterocycles. The zero-order chi connectivity index (χ0) is 16.1. The maximum absolute atomic E-state index is 11.8. The first-order valence-electron chi connectivity index (χ1n) is 7.75. The smallest absolute Gasteiger partial charge is 0.135 e. The Morgan fingerprint density at radius 3 is 2.71 bits per heavy atom. The molecule has 0 bridgehead atoms. The predicted octanol–water partition coefficient (Wildman–Crippen LogP) is 4.40. The first-order valence-corrected chi connectivity index (χ1v) is 7.75. The number of hydrogen-bond acceptors (Lipinski definition) is 2. The van der Waals surface area contributed by atoms with Crippen LogP contribution in [-0.4, -0.2) is 11.8 Å². The molecule has 0 radical (unpaired) electrons. The van der Waals surface area contributed by atoms with Gasteiger partial charge in [0.1, 0.15) is 5.78 Å². The minimum atomic E-state index is 0.0864. The molecule has 0 fully saturated rings. The van der Waals surface area contributed by atoms with E-state index < -0.39 is 0 Å². The standard InChI is InChI=1S/C19H29NO/c1-6-9-10-11-12-13-18(15-20-17(5)7-2)14-16(4)19(21)8-3/h1,7,9-10,15-17,20H,2,8,11-14H2,3-5H3/b10-9-,18-15+. The summed E-state index contributed by atoms with van der Waals surface area (Å²) in [7, 11) is 0. The van der Waals surface area contributed by atoms with Gasteiger partial charge in [-0.25, -0.2) is 0 Å². The van der Waals surface area contributed by atoms with Crippen LogP contribution >= 0.6 is 0 Å². The summed E-state index contributed by atoms with van der Waals surface area (Å²) in [6.07, 6.45) is 17.3. The highest BCUT2D eigenvalue weighted by molar-refractivity contribution is 5.80. The first kappa shape index (κ1) is 19.2. The molecule has 0 saturated carbocycles. The van der Waals surface area contributed by atoms with Crippen LogP contribution in [0.3, 0.4) is 0 Å². The van der Waals surface area contributed by atoms with Crippen molar-refractivity contribution in [1.82, 2.24) is 5.32 Å². The van der Waals surface area contributed by atoms with Crippen molar-refractivity contribution in [1.29, 1.82) is 0 Å². The second kappa shape index (κ2) is 12.0. The summed E-state index contributed by atoms with van der Waals surface area (Å²) >= 11 is 0. The molecule has 0 aliphatic heterocycles. The molecule has 0 saturated heterocycles. The van der Waals surface area contributed by atoms with Gasteiger partial charge in [-0.15, -0.1) is 13.0 Å². The molecule has 0 rings (SSSR count). The van der Waals surface area contributed by atoms with Gasteiger partial charge in [0.15, 0.2) is 0 Å². The fourth-order valence-electron chi connectivity index (χ4n) is 2.00. The minimum Gasteiger partial charge on any atom is -0.385 e. The summed E-state index contributed by atoms with van der Waals surface area (Å²) in [5.41, 5.74) is 1.28. The summed E-state index contributed by atoms with van der Waals surface area (Å²) in [5, 5.41) is 3.31. The van der Waals surface area contributed by atoms with E-state index in [4.69, 9.17) is 6.42 Å². The average molecular weight is 287 g/mol. The van der Waals surface area contributed by atoms with Gasteiger partial charge in [-0.05, 0) is 44.9 Å². The Bertz CT molecular complexity index is 412. The molecule has 0 spiro atoms. The largest absolute Gasteiger partial charge is 0.385 e. The number of carbonyl (C=O) groups is 1. The lowest BCUT2D eigenvalue weighted by Crippen LogP contribution is -2.19. The number of hydrogen-bond donors (Lipinski definition) is 1. The van der Waals surface area contributed by atoms with E-state index >= 15 is 0 Å². The van der Waals surface area contributed by atoms with Gasteiger partial charge in [-0.3, -0.25) is 4.79 Å². The molecule has 0 amide bonds. The van der Waals surface area contributed by atoms with E-state index in [2.05, 4.69) is 30.9 Å². The van der Waals surface area contributed by atoms with Gasteiger partial charge >= 0.3 is 0 Å². The number of Topliss-reactive ketones (excluding diaryl/α,β-unsaturated/α-hetero) is 1. The second-order valence-corrected chi connectivity index (χ2v) is 5.38. The molecule has 0 aliphatic rings. The Balaban J connectivity index is 4.53. The maximum atomic E-state index is 11.8. The molecule has 21 heavy (non-hydrogen) atoms. The van der Waals surface area contributed by atoms with E-state index in [0.717, 1.165) is 25.7 Å². The molecule has 2 nitrogen and oxygen atoms in total. The summed E-state index contributed by atoms with van der Waals surface area (Å²) in [6, 6.07) is 0.235. The quantitative estimate of drug-likeness (QED) is 0.347. The van der Waals surface area contributed by atoms with Crippen LogP contribution in [0.1, 0.15) is 52.9 Å². The van der Waals surface area contributed by atoms with Crippen molar-refractivity contribution >= 4 is 5.78 Å². The van der Waals surface area contributed by atoms with Crippen LogP contribution in [0.2, 0.25) is 0 Å². The second-order valence-electron chi connectivity index (χ2n) is 5.38. The highest BCUT2D eigenvalue weighted by Gasteiger charge is 2.12. The molecular weight excluding hydrogens is 258 g/mol. The fourth-order valence-corrected chi connectivity index (χ4v) is 2.00. The average Bonchev–Trinajstić information content (AvgIpc) is 2.50. The Morgan fingerprint density at radius 1 is 1.43 bits per heavy atom. The minimum absolute atomic E-state index is 0.0864. The third-order valence-electron chi connectivity index (χ3n) is 3.45. The first-order chi connectivity index (χ1) is 10.0. The lowest BCUT2D eigenvalue weighted by Gasteiger charge is -2.14. The summed E-state index contributed by atoms with van der Waals surface area (Å²) < 4.78 is 0. The van der Waals surface area contributed by atoms with Crippen LogP contribution in [0.25, 0.3) is 0 Å². The van der Waals surface area contributed by atoms with Crippen molar-refractivity contribution in [3.05, 3.63) is 36.6 Å². The van der Waals surface area contributed by atoms with Crippen molar-refractivity contribution in [2.75, 3.05) is 0 Å². The van der Waals surface area contributed by atoms with Crippen LogP contribution in [0.5, 0.6) is 0 Å². The van der Waals surface area contributed by atoms with Crippen molar-refractivity contribution < 1.29 is 4.79 Å². The SMILES string of the molecule is C#C/C=C\CCC/C(=C\NC(C)C=C)CC(C)C(=O)CC. The topological polar surface area (TPSA) is 29.1 Å². The lowest BCUT2D eigenvalue weighted by molar-refractivity contribution is -0.122. The molecule has 0 aromatic carbocycles. The van der Waals surface area contributed by atoms with Crippen LogP contribution in [-0.2, 0) is 4.79 Å². The summed E-state index contributed by atoms with van der Waals surface area (Å²) in [6.45, 7) is 9.75. The monoisotopic (exact) mass is 287 g/mol. The molecule has 0 aromatic heterocycles. The molecule has 116 valence electrons. The van der Waals surface area contributed by atoms with Gasteiger partial charge in [0.25, 0.3) is 0 Å². The Labute approximate surface area is 130 Å². The van der Waals surface area contributed by atoms with Crippen LogP contribution in [0.4, 0.5) is 0 Å². The third-order valence-corrected chi connectivity index (χ3v) is 3.45. The van der Waals surface area contributed by atoms with Crippen molar-refractivity contribution in [2.24, 2.45) is 5.92 Å². The van der Waals surface area contributed by atoms with Crippen molar-refractivity contribution in [2.45, 2.75) is 58.9 Å². The van der Waals surface area contributed by atoms with E-state index in [1.807, 2.05) is 26.0 Å². The van der Waals surface area contributed by atoms with E-state index in [1.54, 1.807) is 6.08 Å². The summed E-state index contributed by atoms with van der Waals surface area (Å²) in [5.74, 6) is 2.91. The number of rotatable bonds is 11. The number of carbonyl (C=O) groups excluding carboxylic acids is 1. The Morgan fingerprint density at radius 2 is 2.14 bits per heavy atom. The lowest BCUT2D eigenvalue weighted by atomic mass is 9.93. The van der Waals surface area contributed by atoms with Crippen LogP contribution < -0.4 is 5.32 Å². The van der Waals surface area contributed by atoms with Gasteiger partial charge in [0, 0.05) is 18.4 Å². The number of nitrogens with one attached hydrogen (secondary N) is 1. The highest BCUT2D eigenvalue weighted by atomic mass is 16.1. The zero-order valence-electron chi connectivity index (χ0n) is 13.7. The van der Waals surface area contributed by atoms with E-state index in [-0.39, 0.29) is 12.0 Å². The molecule has 2 atom stereocenters.